The van der Waals surface area contributed by atoms with Gasteiger partial charge in [-0.25, -0.2) is 0 Å². The lowest BCUT2D eigenvalue weighted by Gasteiger charge is -2.13. The molecule has 0 aliphatic rings. The monoisotopic (exact) mass is 303 g/mol. The number of halogens is 1. The summed E-state index contributed by atoms with van der Waals surface area (Å²) in [5, 5.41) is 4.15. The second-order valence-corrected chi connectivity index (χ2v) is 5.64. The van der Waals surface area contributed by atoms with Crippen LogP contribution in [0.5, 0.6) is 5.75 Å². The van der Waals surface area contributed by atoms with E-state index < -0.39 is 0 Å². The number of hydrogen-bond donors (Lipinski definition) is 1. The molecule has 0 fully saturated rings. The smallest absolute Gasteiger partial charge is 0.126 e. The highest BCUT2D eigenvalue weighted by Gasteiger charge is 2.07. The van der Waals surface area contributed by atoms with E-state index >= 15 is 0 Å². The van der Waals surface area contributed by atoms with E-state index in [1.807, 2.05) is 18.2 Å². The predicted molar refractivity (Wildman–Crippen MR) is 90.3 cm³/mol. The summed E-state index contributed by atoms with van der Waals surface area (Å²) in [6, 6.07) is 14.8. The van der Waals surface area contributed by atoms with Crippen LogP contribution < -0.4 is 10.1 Å². The molecule has 2 rings (SSSR count). The van der Waals surface area contributed by atoms with Crippen molar-refractivity contribution in [3.63, 3.8) is 0 Å². The SMILES string of the molecule is CCNC(C)Cc1ccc(-c2cc(Cl)ccc2OC)cc1. The molecule has 0 amide bonds. The Morgan fingerprint density at radius 3 is 2.48 bits per heavy atom. The number of rotatable bonds is 6. The summed E-state index contributed by atoms with van der Waals surface area (Å²) in [6.07, 6.45) is 1.03. The molecule has 0 heterocycles. The lowest BCUT2D eigenvalue weighted by molar-refractivity contribution is 0.416. The van der Waals surface area contributed by atoms with Crippen molar-refractivity contribution in [3.8, 4) is 16.9 Å². The molecule has 0 saturated heterocycles. The molecular formula is C18H22ClNO. The second-order valence-electron chi connectivity index (χ2n) is 5.20. The van der Waals surface area contributed by atoms with Gasteiger partial charge in [-0.15, -0.1) is 0 Å². The van der Waals surface area contributed by atoms with Gasteiger partial charge in [-0.05, 0) is 49.2 Å². The van der Waals surface area contributed by atoms with Crippen molar-refractivity contribution in [3.05, 3.63) is 53.1 Å². The zero-order valence-electron chi connectivity index (χ0n) is 12.8. The number of likely N-dealkylation sites (N-methyl/N-ethyl adjacent to an activating group) is 1. The minimum atomic E-state index is 0.488. The van der Waals surface area contributed by atoms with E-state index in [1.165, 1.54) is 5.56 Å². The third-order valence-electron chi connectivity index (χ3n) is 3.52. The number of ether oxygens (including phenoxy) is 1. The van der Waals surface area contributed by atoms with Crippen LogP contribution >= 0.6 is 11.6 Å². The van der Waals surface area contributed by atoms with E-state index in [0.29, 0.717) is 6.04 Å². The summed E-state index contributed by atoms with van der Waals surface area (Å²) >= 11 is 6.09. The summed E-state index contributed by atoms with van der Waals surface area (Å²) in [5.74, 6) is 0.841. The van der Waals surface area contributed by atoms with Crippen LogP contribution in [0.25, 0.3) is 11.1 Å². The predicted octanol–water partition coefficient (Wildman–Crippen LogP) is 4.56. The second kappa shape index (κ2) is 7.48. The van der Waals surface area contributed by atoms with Gasteiger partial charge >= 0.3 is 0 Å². The highest BCUT2D eigenvalue weighted by molar-refractivity contribution is 6.31. The van der Waals surface area contributed by atoms with Crippen molar-refractivity contribution in [1.29, 1.82) is 0 Å². The van der Waals surface area contributed by atoms with E-state index in [0.717, 1.165) is 34.9 Å². The van der Waals surface area contributed by atoms with Crippen LogP contribution in [0.2, 0.25) is 5.02 Å². The van der Waals surface area contributed by atoms with Crippen molar-refractivity contribution < 1.29 is 4.74 Å². The van der Waals surface area contributed by atoms with Gasteiger partial charge in [-0.3, -0.25) is 0 Å². The molecule has 2 aromatic carbocycles. The van der Waals surface area contributed by atoms with Crippen LogP contribution in [0.3, 0.4) is 0 Å². The Hall–Kier alpha value is -1.51. The number of nitrogens with one attached hydrogen (secondary N) is 1. The van der Waals surface area contributed by atoms with E-state index in [9.17, 15) is 0 Å². The molecule has 0 aliphatic carbocycles. The fraction of sp³-hybridized carbons (Fsp3) is 0.333. The Kier molecular flexibility index (Phi) is 5.66. The van der Waals surface area contributed by atoms with Gasteiger partial charge in [-0.1, -0.05) is 42.8 Å². The molecule has 1 atom stereocenters. The molecule has 0 bridgehead atoms. The zero-order chi connectivity index (χ0) is 15.2. The Balaban J connectivity index is 2.21. The molecule has 112 valence electrons. The average Bonchev–Trinajstić information content (AvgIpc) is 2.48. The zero-order valence-corrected chi connectivity index (χ0v) is 13.6. The van der Waals surface area contributed by atoms with Gasteiger partial charge in [0, 0.05) is 16.6 Å². The molecule has 21 heavy (non-hydrogen) atoms. The lowest BCUT2D eigenvalue weighted by atomic mass is 10.0. The first-order chi connectivity index (χ1) is 10.1. The van der Waals surface area contributed by atoms with E-state index in [4.69, 9.17) is 16.3 Å². The summed E-state index contributed by atoms with van der Waals surface area (Å²) in [5.41, 5.74) is 3.47. The minimum Gasteiger partial charge on any atom is -0.496 e. The molecule has 0 aliphatic heterocycles. The van der Waals surface area contributed by atoms with Crippen molar-refractivity contribution in [2.24, 2.45) is 0 Å². The van der Waals surface area contributed by atoms with Gasteiger partial charge in [0.1, 0.15) is 5.75 Å². The van der Waals surface area contributed by atoms with Gasteiger partial charge in [0.05, 0.1) is 7.11 Å². The topological polar surface area (TPSA) is 21.3 Å². The summed E-state index contributed by atoms with van der Waals surface area (Å²) in [7, 11) is 1.68. The third kappa shape index (κ3) is 4.23. The van der Waals surface area contributed by atoms with E-state index in [-0.39, 0.29) is 0 Å². The molecular weight excluding hydrogens is 282 g/mol. The highest BCUT2D eigenvalue weighted by atomic mass is 35.5. The van der Waals surface area contributed by atoms with Gasteiger partial charge in [-0.2, -0.15) is 0 Å². The maximum absolute atomic E-state index is 6.09. The summed E-state index contributed by atoms with van der Waals surface area (Å²) in [6.45, 7) is 5.33. The molecule has 0 spiro atoms. The summed E-state index contributed by atoms with van der Waals surface area (Å²) in [4.78, 5) is 0. The maximum Gasteiger partial charge on any atom is 0.126 e. The maximum atomic E-state index is 6.09. The van der Waals surface area contributed by atoms with Gasteiger partial charge in [0.2, 0.25) is 0 Å². The molecule has 0 radical (unpaired) electrons. The fourth-order valence-electron chi connectivity index (χ4n) is 2.50. The molecule has 0 aromatic heterocycles. The van der Waals surface area contributed by atoms with Crippen molar-refractivity contribution in [1.82, 2.24) is 5.32 Å². The molecule has 0 saturated carbocycles. The first-order valence-corrected chi connectivity index (χ1v) is 7.68. The van der Waals surface area contributed by atoms with E-state index in [1.54, 1.807) is 7.11 Å². The molecule has 2 aromatic rings. The number of hydrogen-bond acceptors (Lipinski definition) is 2. The lowest BCUT2D eigenvalue weighted by Crippen LogP contribution is -2.27. The van der Waals surface area contributed by atoms with Crippen LogP contribution in [0.1, 0.15) is 19.4 Å². The number of benzene rings is 2. The first-order valence-electron chi connectivity index (χ1n) is 7.30. The highest BCUT2D eigenvalue weighted by Crippen LogP contribution is 2.32. The standard InChI is InChI=1S/C18H22ClNO/c1-4-20-13(2)11-14-5-7-15(8-6-14)17-12-16(19)9-10-18(17)21-3/h5-10,12-13,20H,4,11H2,1-3H3. The minimum absolute atomic E-state index is 0.488. The van der Waals surface area contributed by atoms with E-state index in [2.05, 4.69) is 43.4 Å². The van der Waals surface area contributed by atoms with Crippen LogP contribution in [0.4, 0.5) is 0 Å². The third-order valence-corrected chi connectivity index (χ3v) is 3.76. The Bertz CT molecular complexity index is 580. The van der Waals surface area contributed by atoms with Gasteiger partial charge in [0.25, 0.3) is 0 Å². The Morgan fingerprint density at radius 1 is 1.14 bits per heavy atom. The largest absolute Gasteiger partial charge is 0.496 e. The molecule has 3 heteroatoms. The quantitative estimate of drug-likeness (QED) is 0.845. The summed E-state index contributed by atoms with van der Waals surface area (Å²) < 4.78 is 5.41. The molecule has 2 nitrogen and oxygen atoms in total. The molecule has 1 unspecified atom stereocenters. The van der Waals surface area contributed by atoms with Crippen LogP contribution in [-0.2, 0) is 6.42 Å². The van der Waals surface area contributed by atoms with Crippen LogP contribution in [0, 0.1) is 0 Å². The van der Waals surface area contributed by atoms with Crippen molar-refractivity contribution >= 4 is 11.6 Å². The first kappa shape index (κ1) is 15.9. The van der Waals surface area contributed by atoms with Gasteiger partial charge in [0.15, 0.2) is 0 Å². The number of methoxy groups -OCH3 is 1. The average molecular weight is 304 g/mol. The van der Waals surface area contributed by atoms with Crippen molar-refractivity contribution in [2.45, 2.75) is 26.3 Å². The Morgan fingerprint density at radius 2 is 1.86 bits per heavy atom. The van der Waals surface area contributed by atoms with Crippen molar-refractivity contribution in [2.75, 3.05) is 13.7 Å². The Labute approximate surface area is 132 Å². The molecule has 1 N–H and O–H groups in total. The van der Waals surface area contributed by atoms with Crippen LogP contribution in [0.15, 0.2) is 42.5 Å². The normalized spacial score (nSPS) is 12.2. The van der Waals surface area contributed by atoms with Crippen LogP contribution in [-0.4, -0.2) is 19.7 Å². The fourth-order valence-corrected chi connectivity index (χ4v) is 2.67. The van der Waals surface area contributed by atoms with Gasteiger partial charge < -0.3 is 10.1 Å².